The van der Waals surface area contributed by atoms with Crippen LogP contribution in [0.2, 0.25) is 0 Å². The van der Waals surface area contributed by atoms with E-state index in [9.17, 15) is 23.3 Å². The van der Waals surface area contributed by atoms with Crippen LogP contribution in [0.3, 0.4) is 0 Å². The number of sulfonamides is 1. The summed E-state index contributed by atoms with van der Waals surface area (Å²) in [5.41, 5.74) is 0.0166. The molecule has 25 heavy (non-hydrogen) atoms. The van der Waals surface area contributed by atoms with Crippen LogP contribution in [0, 0.1) is 10.1 Å². The molecule has 0 bridgehead atoms. The zero-order valence-electron chi connectivity index (χ0n) is 13.3. The van der Waals surface area contributed by atoms with Crippen LogP contribution in [0.25, 0.3) is 0 Å². The van der Waals surface area contributed by atoms with E-state index < -0.39 is 20.9 Å². The van der Waals surface area contributed by atoms with Crippen LogP contribution in [0.1, 0.15) is 10.4 Å². The van der Waals surface area contributed by atoms with E-state index in [2.05, 4.69) is 10.0 Å². The van der Waals surface area contributed by atoms with Gasteiger partial charge in [0.05, 0.1) is 35.2 Å². The van der Waals surface area contributed by atoms with Gasteiger partial charge in [-0.05, 0) is 18.2 Å². The molecule has 2 N–H and O–H groups in total. The number of methoxy groups -OCH3 is 1. The molecule has 0 radical (unpaired) electrons. The molecule has 2 aromatic carbocycles. The summed E-state index contributed by atoms with van der Waals surface area (Å²) in [5.74, 6) is -0.418. The van der Waals surface area contributed by atoms with Crippen LogP contribution in [0.15, 0.2) is 42.5 Å². The van der Waals surface area contributed by atoms with Gasteiger partial charge in [0.15, 0.2) is 0 Å². The van der Waals surface area contributed by atoms with E-state index in [-0.39, 0.29) is 28.4 Å². The molecule has 0 spiro atoms. The summed E-state index contributed by atoms with van der Waals surface area (Å²) in [6.45, 7) is 0. The topological polar surface area (TPSA) is 128 Å². The Kier molecular flexibility index (Phi) is 5.22. The van der Waals surface area contributed by atoms with Crippen LogP contribution < -0.4 is 14.8 Å². The predicted molar refractivity (Wildman–Crippen MR) is 92.5 cm³/mol. The molecule has 0 saturated heterocycles. The molecule has 2 rings (SSSR count). The highest BCUT2D eigenvalue weighted by molar-refractivity contribution is 7.92. The fourth-order valence-electron chi connectivity index (χ4n) is 2.07. The molecule has 0 saturated carbocycles. The molecule has 0 unspecified atom stereocenters. The van der Waals surface area contributed by atoms with E-state index in [0.29, 0.717) is 0 Å². The molecule has 1 amide bonds. The summed E-state index contributed by atoms with van der Waals surface area (Å²) in [6, 6.07) is 9.74. The van der Waals surface area contributed by atoms with Crippen molar-refractivity contribution in [3.05, 3.63) is 58.1 Å². The Morgan fingerprint density at radius 1 is 1.16 bits per heavy atom. The summed E-state index contributed by atoms with van der Waals surface area (Å²) in [5, 5.41) is 13.4. The maximum absolute atomic E-state index is 12.5. The molecule has 0 aromatic heterocycles. The first-order valence-electron chi connectivity index (χ1n) is 6.92. The number of nitro groups is 1. The Labute approximate surface area is 143 Å². The van der Waals surface area contributed by atoms with E-state index in [1.807, 2.05) is 0 Å². The lowest BCUT2D eigenvalue weighted by atomic mass is 10.1. The molecule has 10 heteroatoms. The van der Waals surface area contributed by atoms with Crippen molar-refractivity contribution in [3.8, 4) is 5.75 Å². The molecule has 0 aliphatic rings. The van der Waals surface area contributed by atoms with Gasteiger partial charge in [0.2, 0.25) is 10.0 Å². The van der Waals surface area contributed by atoms with Crippen molar-refractivity contribution in [2.45, 2.75) is 0 Å². The van der Waals surface area contributed by atoms with Gasteiger partial charge in [-0.25, -0.2) is 8.42 Å². The van der Waals surface area contributed by atoms with Crippen molar-refractivity contribution >= 4 is 33.0 Å². The Bertz CT molecular complexity index is 927. The molecule has 0 atom stereocenters. The van der Waals surface area contributed by atoms with Crippen molar-refractivity contribution in [2.24, 2.45) is 0 Å². The molecule has 0 fully saturated rings. The molecule has 9 nitrogen and oxygen atoms in total. The van der Waals surface area contributed by atoms with Crippen LogP contribution in [0.5, 0.6) is 5.75 Å². The van der Waals surface area contributed by atoms with E-state index in [1.165, 1.54) is 31.4 Å². The summed E-state index contributed by atoms with van der Waals surface area (Å²) in [6.07, 6.45) is 0.964. The molecule has 0 heterocycles. The minimum absolute atomic E-state index is 0.0569. The Balaban J connectivity index is 2.38. The van der Waals surface area contributed by atoms with E-state index >= 15 is 0 Å². The number of benzene rings is 2. The number of anilines is 2. The van der Waals surface area contributed by atoms with E-state index in [4.69, 9.17) is 4.74 Å². The predicted octanol–water partition coefficient (Wildman–Crippen LogP) is 2.23. The molecule has 0 aliphatic carbocycles. The number of nitrogens with one attached hydrogen (secondary N) is 2. The van der Waals surface area contributed by atoms with E-state index in [1.54, 1.807) is 12.1 Å². The summed E-state index contributed by atoms with van der Waals surface area (Å²) < 4.78 is 30.2. The number of hydrogen-bond acceptors (Lipinski definition) is 6. The average Bonchev–Trinajstić information content (AvgIpc) is 2.53. The summed E-state index contributed by atoms with van der Waals surface area (Å²) in [4.78, 5) is 22.8. The second-order valence-corrected chi connectivity index (χ2v) is 6.76. The third-order valence-corrected chi connectivity index (χ3v) is 3.70. The number of nitro benzene ring substituents is 1. The summed E-state index contributed by atoms with van der Waals surface area (Å²) >= 11 is 0. The average molecular weight is 365 g/mol. The lowest BCUT2D eigenvalue weighted by Crippen LogP contribution is -2.17. The number of carbonyl (C=O) groups is 1. The fraction of sp³-hybridized carbons (Fsp3) is 0.133. The van der Waals surface area contributed by atoms with Gasteiger partial charge in [0.25, 0.3) is 11.6 Å². The summed E-state index contributed by atoms with van der Waals surface area (Å²) in [7, 11) is -2.22. The smallest absolute Gasteiger partial charge is 0.271 e. The number of non-ortho nitro benzene ring substituents is 1. The maximum atomic E-state index is 12.5. The molecule has 132 valence electrons. The van der Waals surface area contributed by atoms with Crippen molar-refractivity contribution in [2.75, 3.05) is 23.4 Å². The largest absolute Gasteiger partial charge is 0.495 e. The van der Waals surface area contributed by atoms with Gasteiger partial charge in [0.1, 0.15) is 5.75 Å². The normalized spacial score (nSPS) is 10.8. The lowest BCUT2D eigenvalue weighted by Gasteiger charge is -2.13. The monoisotopic (exact) mass is 365 g/mol. The number of ether oxygens (including phenoxy) is 1. The fourth-order valence-corrected chi connectivity index (χ4v) is 2.64. The number of amides is 1. The highest BCUT2D eigenvalue weighted by Gasteiger charge is 2.17. The zero-order chi connectivity index (χ0) is 18.6. The van der Waals surface area contributed by atoms with Gasteiger partial charge in [-0.2, -0.15) is 0 Å². The second-order valence-electron chi connectivity index (χ2n) is 5.02. The molecule has 0 aliphatic heterocycles. The molecule has 2 aromatic rings. The number of carbonyl (C=O) groups excluding carboxylic acids is 1. The highest BCUT2D eigenvalue weighted by Crippen LogP contribution is 2.30. The van der Waals surface area contributed by atoms with Crippen molar-refractivity contribution in [1.82, 2.24) is 0 Å². The molecular formula is C15H15N3O6S. The number of rotatable bonds is 6. The Morgan fingerprint density at radius 2 is 1.84 bits per heavy atom. The Hall–Kier alpha value is -3.14. The quantitative estimate of drug-likeness (QED) is 0.597. The van der Waals surface area contributed by atoms with Crippen LogP contribution in [-0.2, 0) is 10.0 Å². The van der Waals surface area contributed by atoms with Crippen molar-refractivity contribution in [1.29, 1.82) is 0 Å². The Morgan fingerprint density at radius 3 is 2.44 bits per heavy atom. The maximum Gasteiger partial charge on any atom is 0.271 e. The first-order chi connectivity index (χ1) is 11.7. The minimum atomic E-state index is -3.58. The van der Waals surface area contributed by atoms with Gasteiger partial charge >= 0.3 is 0 Å². The van der Waals surface area contributed by atoms with Crippen LogP contribution >= 0.6 is 0 Å². The zero-order valence-corrected chi connectivity index (χ0v) is 14.2. The van der Waals surface area contributed by atoms with Gasteiger partial charge in [0, 0.05) is 12.1 Å². The third kappa shape index (κ3) is 4.67. The standard InChI is InChI=1S/C15H15N3O6S/c1-24-14-8-7-10(18(20)21)9-13(14)16-15(19)11-5-3-4-6-12(11)17-25(2,22)23/h3-9,17H,1-2H3,(H,16,19). The third-order valence-electron chi connectivity index (χ3n) is 3.11. The van der Waals surface area contributed by atoms with E-state index in [0.717, 1.165) is 12.3 Å². The first-order valence-corrected chi connectivity index (χ1v) is 8.81. The van der Waals surface area contributed by atoms with Gasteiger partial charge in [-0.15, -0.1) is 0 Å². The second kappa shape index (κ2) is 7.18. The number of hydrogen-bond donors (Lipinski definition) is 2. The van der Waals surface area contributed by atoms with Gasteiger partial charge in [-0.1, -0.05) is 12.1 Å². The van der Waals surface area contributed by atoms with Crippen molar-refractivity contribution < 1.29 is 22.9 Å². The molecular weight excluding hydrogens is 350 g/mol. The van der Waals surface area contributed by atoms with Gasteiger partial charge < -0.3 is 10.1 Å². The SMILES string of the molecule is COc1ccc([N+](=O)[O-])cc1NC(=O)c1ccccc1NS(C)(=O)=O. The van der Waals surface area contributed by atoms with Gasteiger partial charge in [-0.3, -0.25) is 19.6 Å². The van der Waals surface area contributed by atoms with Crippen LogP contribution in [0.4, 0.5) is 17.1 Å². The van der Waals surface area contributed by atoms with Crippen LogP contribution in [-0.4, -0.2) is 32.6 Å². The first kappa shape index (κ1) is 18.2. The minimum Gasteiger partial charge on any atom is -0.495 e. The highest BCUT2D eigenvalue weighted by atomic mass is 32.2. The number of para-hydroxylation sites is 1. The number of nitrogens with zero attached hydrogens (tertiary/aromatic N) is 1. The lowest BCUT2D eigenvalue weighted by molar-refractivity contribution is -0.384. The van der Waals surface area contributed by atoms with Crippen molar-refractivity contribution in [3.63, 3.8) is 0 Å².